The zero-order chi connectivity index (χ0) is 13.6. The van der Waals surface area contributed by atoms with Gasteiger partial charge in [-0.1, -0.05) is 24.3 Å². The lowest BCUT2D eigenvalue weighted by molar-refractivity contribution is 0.488. The number of para-hydroxylation sites is 1. The Balaban J connectivity index is 1.85. The highest BCUT2D eigenvalue weighted by atomic mass is 32.2. The van der Waals surface area contributed by atoms with E-state index >= 15 is 0 Å². The third kappa shape index (κ3) is 4.92. The van der Waals surface area contributed by atoms with E-state index in [2.05, 4.69) is 4.98 Å². The minimum atomic E-state index is -3.55. The number of thioether (sulfide) groups is 1. The molecule has 1 aromatic carbocycles. The van der Waals surface area contributed by atoms with Gasteiger partial charge in [-0.15, -0.1) is 11.8 Å². The first-order chi connectivity index (χ1) is 9.16. The summed E-state index contributed by atoms with van der Waals surface area (Å²) >= 11 is 1.39. The summed E-state index contributed by atoms with van der Waals surface area (Å²) in [6.45, 7) is 0. The fraction of sp³-hybridized carbons (Fsp3) is 0.154. The second-order valence-electron chi connectivity index (χ2n) is 3.67. The summed E-state index contributed by atoms with van der Waals surface area (Å²) in [6.07, 6.45) is 1.68. The number of rotatable bonds is 6. The zero-order valence-corrected chi connectivity index (χ0v) is 11.7. The first-order valence-corrected chi connectivity index (χ1v) is 8.23. The molecule has 19 heavy (non-hydrogen) atoms. The Morgan fingerprint density at radius 3 is 2.47 bits per heavy atom. The van der Waals surface area contributed by atoms with E-state index in [1.165, 1.54) is 11.8 Å². The minimum absolute atomic E-state index is 0.0524. The molecule has 0 saturated carbocycles. The van der Waals surface area contributed by atoms with Crippen molar-refractivity contribution < 1.29 is 12.6 Å². The van der Waals surface area contributed by atoms with Gasteiger partial charge in [0.2, 0.25) is 0 Å². The molecule has 0 unspecified atom stereocenters. The van der Waals surface area contributed by atoms with E-state index in [9.17, 15) is 8.42 Å². The van der Waals surface area contributed by atoms with Gasteiger partial charge in [0, 0.05) is 11.9 Å². The van der Waals surface area contributed by atoms with Crippen molar-refractivity contribution in [3.05, 3.63) is 54.7 Å². The second-order valence-corrected chi connectivity index (χ2v) is 6.48. The topological polar surface area (TPSA) is 56.3 Å². The average molecular weight is 295 g/mol. The molecule has 0 aliphatic heterocycles. The number of aromatic nitrogens is 1. The van der Waals surface area contributed by atoms with Crippen LogP contribution in [0.25, 0.3) is 0 Å². The summed E-state index contributed by atoms with van der Waals surface area (Å²) in [5.41, 5.74) is 0. The van der Waals surface area contributed by atoms with Crippen LogP contribution in [0.5, 0.6) is 5.75 Å². The van der Waals surface area contributed by atoms with Gasteiger partial charge in [-0.3, -0.25) is 0 Å². The van der Waals surface area contributed by atoms with Crippen molar-refractivity contribution in [3.8, 4) is 5.75 Å². The first kappa shape index (κ1) is 13.9. The van der Waals surface area contributed by atoms with Crippen LogP contribution in [0.15, 0.2) is 59.8 Å². The molecule has 1 heterocycles. The number of nitrogens with zero attached hydrogens (tertiary/aromatic N) is 1. The molecule has 100 valence electrons. The fourth-order valence-electron chi connectivity index (χ4n) is 1.35. The van der Waals surface area contributed by atoms with Gasteiger partial charge < -0.3 is 4.18 Å². The molecular weight excluding hydrogens is 282 g/mol. The molecule has 0 aliphatic carbocycles. The molecule has 0 amide bonds. The van der Waals surface area contributed by atoms with Gasteiger partial charge in [-0.05, 0) is 24.3 Å². The van der Waals surface area contributed by atoms with Gasteiger partial charge in [0.25, 0.3) is 0 Å². The molecule has 0 saturated heterocycles. The van der Waals surface area contributed by atoms with E-state index in [1.807, 2.05) is 18.2 Å². The Morgan fingerprint density at radius 2 is 1.79 bits per heavy atom. The summed E-state index contributed by atoms with van der Waals surface area (Å²) in [5, 5.41) is 0.803. The van der Waals surface area contributed by atoms with Crippen molar-refractivity contribution in [2.24, 2.45) is 0 Å². The number of hydrogen-bond acceptors (Lipinski definition) is 5. The van der Waals surface area contributed by atoms with Crippen LogP contribution in [0, 0.1) is 0 Å². The van der Waals surface area contributed by atoms with E-state index in [4.69, 9.17) is 4.18 Å². The number of hydrogen-bond donors (Lipinski definition) is 0. The molecule has 0 bridgehead atoms. The molecule has 0 spiro atoms. The maximum atomic E-state index is 11.7. The normalized spacial score (nSPS) is 11.2. The van der Waals surface area contributed by atoms with Gasteiger partial charge >= 0.3 is 10.1 Å². The van der Waals surface area contributed by atoms with Gasteiger partial charge in [0.05, 0.1) is 10.8 Å². The molecule has 0 N–H and O–H groups in total. The van der Waals surface area contributed by atoms with Crippen molar-refractivity contribution in [2.45, 2.75) is 5.03 Å². The van der Waals surface area contributed by atoms with Crippen LogP contribution < -0.4 is 4.18 Å². The van der Waals surface area contributed by atoms with Crippen LogP contribution in [0.4, 0.5) is 0 Å². The molecule has 6 heteroatoms. The minimum Gasteiger partial charge on any atom is -0.382 e. The monoisotopic (exact) mass is 295 g/mol. The van der Waals surface area contributed by atoms with E-state index in [-0.39, 0.29) is 5.75 Å². The highest BCUT2D eigenvalue weighted by molar-refractivity contribution is 8.00. The molecule has 0 atom stereocenters. The Labute approximate surface area is 117 Å². The molecule has 0 fully saturated rings. The largest absolute Gasteiger partial charge is 0.382 e. The molecular formula is C13H13NO3S2. The van der Waals surface area contributed by atoms with E-state index in [0.717, 1.165) is 5.03 Å². The van der Waals surface area contributed by atoms with E-state index < -0.39 is 10.1 Å². The molecule has 1 aromatic heterocycles. The lowest BCUT2D eigenvalue weighted by Crippen LogP contribution is -2.15. The molecule has 0 radical (unpaired) electrons. The summed E-state index contributed by atoms with van der Waals surface area (Å²) in [6, 6.07) is 14.0. The Bertz CT molecular complexity index is 600. The van der Waals surface area contributed by atoms with Crippen LogP contribution >= 0.6 is 11.8 Å². The van der Waals surface area contributed by atoms with Crippen LogP contribution in [-0.2, 0) is 10.1 Å². The zero-order valence-electron chi connectivity index (χ0n) is 10.1. The highest BCUT2D eigenvalue weighted by Gasteiger charge is 2.12. The van der Waals surface area contributed by atoms with E-state index in [0.29, 0.717) is 11.5 Å². The van der Waals surface area contributed by atoms with Gasteiger partial charge in [0.1, 0.15) is 5.75 Å². The average Bonchev–Trinajstić information content (AvgIpc) is 2.40. The number of pyridine rings is 1. The van der Waals surface area contributed by atoms with Crippen LogP contribution in [0.3, 0.4) is 0 Å². The van der Waals surface area contributed by atoms with Crippen molar-refractivity contribution in [2.75, 3.05) is 11.5 Å². The second kappa shape index (κ2) is 6.58. The maximum Gasteiger partial charge on any atom is 0.310 e. The van der Waals surface area contributed by atoms with Gasteiger partial charge in [-0.25, -0.2) is 4.98 Å². The van der Waals surface area contributed by atoms with Gasteiger partial charge in [-0.2, -0.15) is 8.42 Å². The smallest absolute Gasteiger partial charge is 0.310 e. The predicted molar refractivity (Wildman–Crippen MR) is 75.8 cm³/mol. The van der Waals surface area contributed by atoms with Crippen molar-refractivity contribution >= 4 is 21.9 Å². The molecule has 2 aromatic rings. The van der Waals surface area contributed by atoms with Crippen LogP contribution in [0.1, 0.15) is 0 Å². The Morgan fingerprint density at radius 1 is 1.05 bits per heavy atom. The van der Waals surface area contributed by atoms with E-state index in [1.54, 1.807) is 36.5 Å². The van der Waals surface area contributed by atoms with Crippen molar-refractivity contribution in [1.29, 1.82) is 0 Å². The molecule has 2 rings (SSSR count). The first-order valence-electron chi connectivity index (χ1n) is 5.67. The summed E-state index contributed by atoms with van der Waals surface area (Å²) < 4.78 is 28.4. The Hall–Kier alpha value is -1.53. The summed E-state index contributed by atoms with van der Waals surface area (Å²) in [4.78, 5) is 4.11. The SMILES string of the molecule is O=S(=O)(CCSc1ccccn1)Oc1ccccc1. The Kier molecular flexibility index (Phi) is 4.81. The van der Waals surface area contributed by atoms with Crippen molar-refractivity contribution in [1.82, 2.24) is 4.98 Å². The highest BCUT2D eigenvalue weighted by Crippen LogP contribution is 2.16. The van der Waals surface area contributed by atoms with Crippen molar-refractivity contribution in [3.63, 3.8) is 0 Å². The lowest BCUT2D eigenvalue weighted by atomic mass is 10.3. The summed E-state index contributed by atoms with van der Waals surface area (Å²) in [7, 11) is -3.55. The predicted octanol–water partition coefficient (Wildman–Crippen LogP) is 2.58. The lowest BCUT2D eigenvalue weighted by Gasteiger charge is -2.06. The molecule has 4 nitrogen and oxygen atoms in total. The quantitative estimate of drug-likeness (QED) is 0.605. The maximum absolute atomic E-state index is 11.7. The molecule has 0 aliphatic rings. The fourth-order valence-corrected chi connectivity index (χ4v) is 3.50. The third-order valence-corrected chi connectivity index (χ3v) is 4.54. The third-order valence-electron chi connectivity index (χ3n) is 2.19. The van der Waals surface area contributed by atoms with Crippen LogP contribution in [0.2, 0.25) is 0 Å². The van der Waals surface area contributed by atoms with Crippen LogP contribution in [-0.4, -0.2) is 24.9 Å². The standard InChI is InChI=1S/C13H13NO3S2/c15-19(16,17-12-6-2-1-3-7-12)11-10-18-13-8-4-5-9-14-13/h1-9H,10-11H2. The van der Waals surface area contributed by atoms with Gasteiger partial charge in [0.15, 0.2) is 0 Å². The summed E-state index contributed by atoms with van der Waals surface area (Å²) in [5.74, 6) is 0.695. The number of benzene rings is 1.